The van der Waals surface area contributed by atoms with E-state index in [-0.39, 0.29) is 23.2 Å². The van der Waals surface area contributed by atoms with Gasteiger partial charge in [-0.1, -0.05) is 12.1 Å². The quantitative estimate of drug-likeness (QED) is 0.608. The first-order chi connectivity index (χ1) is 13.5. The monoisotopic (exact) mass is 383 g/mol. The van der Waals surface area contributed by atoms with Gasteiger partial charge in [-0.25, -0.2) is 4.39 Å². The highest BCUT2D eigenvalue weighted by molar-refractivity contribution is 5.84. The fraction of sp³-hybridized carbons (Fsp3) is 0.286. The van der Waals surface area contributed by atoms with Gasteiger partial charge in [0.1, 0.15) is 5.82 Å². The van der Waals surface area contributed by atoms with Gasteiger partial charge in [-0.3, -0.25) is 9.69 Å². The van der Waals surface area contributed by atoms with Gasteiger partial charge in [0, 0.05) is 55.8 Å². The Morgan fingerprint density at radius 1 is 1.11 bits per heavy atom. The number of hydrogen-bond donors (Lipinski definition) is 3. The number of nitrogens with one attached hydrogen (secondary N) is 1. The summed E-state index contributed by atoms with van der Waals surface area (Å²) in [7, 11) is 0. The number of phenols is 2. The molecule has 28 heavy (non-hydrogen) atoms. The van der Waals surface area contributed by atoms with Gasteiger partial charge in [0.05, 0.1) is 6.04 Å². The normalized spacial score (nSPS) is 16.4. The molecule has 1 amide bonds. The van der Waals surface area contributed by atoms with Crippen molar-refractivity contribution >= 4 is 16.8 Å². The molecule has 1 aliphatic rings. The first-order valence-electron chi connectivity index (χ1n) is 9.22. The van der Waals surface area contributed by atoms with E-state index in [1.54, 1.807) is 30.0 Å². The lowest BCUT2D eigenvalue weighted by atomic mass is 9.94. The molecule has 1 fully saturated rings. The minimum absolute atomic E-state index is 0.0329. The summed E-state index contributed by atoms with van der Waals surface area (Å²) in [5.41, 5.74) is 2.15. The summed E-state index contributed by atoms with van der Waals surface area (Å²) in [5, 5.41) is 21.3. The molecule has 1 unspecified atom stereocenters. The van der Waals surface area contributed by atoms with Crippen LogP contribution in [0.4, 0.5) is 4.39 Å². The van der Waals surface area contributed by atoms with Gasteiger partial charge in [-0.15, -0.1) is 0 Å². The molecule has 0 spiro atoms. The van der Waals surface area contributed by atoms with Crippen molar-refractivity contribution in [1.82, 2.24) is 14.8 Å². The minimum atomic E-state index is -0.392. The van der Waals surface area contributed by atoms with Crippen LogP contribution in [-0.2, 0) is 4.79 Å². The van der Waals surface area contributed by atoms with Crippen LogP contribution >= 0.6 is 0 Å². The molecule has 1 aromatic heterocycles. The number of carbonyl (C=O) groups is 1. The van der Waals surface area contributed by atoms with Gasteiger partial charge in [0.2, 0.25) is 5.91 Å². The van der Waals surface area contributed by atoms with Crippen LogP contribution < -0.4 is 0 Å². The third-order valence-electron chi connectivity index (χ3n) is 5.44. The van der Waals surface area contributed by atoms with E-state index in [0.717, 1.165) is 16.5 Å². The molecule has 2 aromatic carbocycles. The summed E-state index contributed by atoms with van der Waals surface area (Å²) in [5.74, 6) is -0.692. The molecule has 2 heterocycles. The van der Waals surface area contributed by atoms with Crippen LogP contribution in [-0.4, -0.2) is 57.1 Å². The lowest BCUT2D eigenvalue weighted by Gasteiger charge is -2.39. The molecule has 0 saturated carbocycles. The Hall–Kier alpha value is -3.06. The van der Waals surface area contributed by atoms with E-state index < -0.39 is 6.04 Å². The zero-order valence-electron chi connectivity index (χ0n) is 15.5. The number of piperazine rings is 1. The largest absolute Gasteiger partial charge is 0.504 e. The number of benzene rings is 2. The zero-order valence-corrected chi connectivity index (χ0v) is 15.5. The summed E-state index contributed by atoms with van der Waals surface area (Å²) in [4.78, 5) is 18.8. The highest BCUT2D eigenvalue weighted by Crippen LogP contribution is 2.41. The number of rotatable bonds is 3. The van der Waals surface area contributed by atoms with Crippen LogP contribution in [0.15, 0.2) is 42.6 Å². The predicted molar refractivity (Wildman–Crippen MR) is 104 cm³/mol. The molecule has 0 bridgehead atoms. The summed E-state index contributed by atoms with van der Waals surface area (Å²) in [6, 6.07) is 9.03. The van der Waals surface area contributed by atoms with Crippen LogP contribution in [0.25, 0.3) is 10.9 Å². The summed E-state index contributed by atoms with van der Waals surface area (Å²) < 4.78 is 13.9. The molecule has 6 nitrogen and oxygen atoms in total. The number of hydrogen-bond acceptors (Lipinski definition) is 4. The second kappa shape index (κ2) is 7.16. The second-order valence-electron chi connectivity index (χ2n) is 7.09. The number of amides is 1. The maximum atomic E-state index is 13.9. The topological polar surface area (TPSA) is 79.8 Å². The van der Waals surface area contributed by atoms with E-state index in [2.05, 4.69) is 9.88 Å². The Bertz CT molecular complexity index is 1020. The van der Waals surface area contributed by atoms with Crippen molar-refractivity contribution in [2.24, 2.45) is 0 Å². The van der Waals surface area contributed by atoms with Gasteiger partial charge in [0.15, 0.2) is 11.5 Å². The van der Waals surface area contributed by atoms with Crippen LogP contribution in [0.5, 0.6) is 11.5 Å². The average Bonchev–Trinajstić information content (AvgIpc) is 3.08. The Morgan fingerprint density at radius 3 is 2.57 bits per heavy atom. The van der Waals surface area contributed by atoms with Crippen molar-refractivity contribution in [3.8, 4) is 11.5 Å². The standard InChI is InChI=1S/C21H22FN3O3/c1-13(26)24-7-9-25(10-8-24)20(15-3-2-4-19(27)21(15)28)17-12-23-18-6-5-14(22)11-16(17)18/h2-6,11-12,20,23,27-28H,7-10H2,1H3. The smallest absolute Gasteiger partial charge is 0.219 e. The van der Waals surface area contributed by atoms with Gasteiger partial charge in [0.25, 0.3) is 0 Å². The van der Waals surface area contributed by atoms with Crippen molar-refractivity contribution in [3.05, 3.63) is 59.5 Å². The number of aromatic hydroxyl groups is 2. The summed E-state index contributed by atoms with van der Waals surface area (Å²) in [6.07, 6.45) is 1.82. The van der Waals surface area contributed by atoms with Crippen LogP contribution in [0, 0.1) is 5.82 Å². The van der Waals surface area contributed by atoms with Gasteiger partial charge < -0.3 is 20.1 Å². The van der Waals surface area contributed by atoms with Crippen LogP contribution in [0.3, 0.4) is 0 Å². The fourth-order valence-electron chi connectivity index (χ4n) is 3.97. The molecule has 3 N–H and O–H groups in total. The number of halogens is 1. The average molecular weight is 383 g/mol. The SMILES string of the molecule is CC(=O)N1CCN(C(c2cccc(O)c2O)c2c[nH]c3ccc(F)cc23)CC1. The van der Waals surface area contributed by atoms with Crippen molar-refractivity contribution in [3.63, 3.8) is 0 Å². The number of nitrogens with zero attached hydrogens (tertiary/aromatic N) is 2. The van der Waals surface area contributed by atoms with E-state index in [1.807, 2.05) is 6.20 Å². The number of aromatic amines is 1. The van der Waals surface area contributed by atoms with Gasteiger partial charge >= 0.3 is 0 Å². The highest BCUT2D eigenvalue weighted by atomic mass is 19.1. The maximum Gasteiger partial charge on any atom is 0.219 e. The van der Waals surface area contributed by atoms with Crippen molar-refractivity contribution in [2.45, 2.75) is 13.0 Å². The van der Waals surface area contributed by atoms with E-state index in [9.17, 15) is 19.4 Å². The Kier molecular flexibility index (Phi) is 4.68. The Morgan fingerprint density at radius 2 is 1.86 bits per heavy atom. The molecule has 1 atom stereocenters. The first-order valence-corrected chi connectivity index (χ1v) is 9.22. The van der Waals surface area contributed by atoms with Crippen molar-refractivity contribution in [2.75, 3.05) is 26.2 Å². The molecule has 1 aliphatic heterocycles. The third-order valence-corrected chi connectivity index (χ3v) is 5.44. The maximum absolute atomic E-state index is 13.9. The first kappa shape index (κ1) is 18.3. The molecular weight excluding hydrogens is 361 g/mol. The fourth-order valence-corrected chi connectivity index (χ4v) is 3.97. The molecule has 0 radical (unpaired) electrons. The number of carbonyl (C=O) groups excluding carboxylic acids is 1. The molecular formula is C21H22FN3O3. The number of aromatic nitrogens is 1. The Labute approximate surface area is 161 Å². The number of H-pyrrole nitrogens is 1. The number of phenolic OH excluding ortho intramolecular Hbond substituents is 2. The molecule has 7 heteroatoms. The molecule has 1 saturated heterocycles. The predicted octanol–water partition coefficient (Wildman–Crippen LogP) is 2.97. The summed E-state index contributed by atoms with van der Waals surface area (Å²) >= 11 is 0. The second-order valence-corrected chi connectivity index (χ2v) is 7.09. The lowest BCUT2D eigenvalue weighted by molar-refractivity contribution is -0.130. The van der Waals surface area contributed by atoms with E-state index in [4.69, 9.17) is 0 Å². The number of fused-ring (bicyclic) bond motifs is 1. The molecule has 4 rings (SSSR count). The molecule has 0 aliphatic carbocycles. The van der Waals surface area contributed by atoms with Gasteiger partial charge in [-0.05, 0) is 29.8 Å². The molecule has 3 aromatic rings. The summed E-state index contributed by atoms with van der Waals surface area (Å²) in [6.45, 7) is 3.89. The van der Waals surface area contributed by atoms with Crippen LogP contribution in [0.2, 0.25) is 0 Å². The van der Waals surface area contributed by atoms with Gasteiger partial charge in [-0.2, -0.15) is 0 Å². The minimum Gasteiger partial charge on any atom is -0.504 e. The van der Waals surface area contributed by atoms with Crippen molar-refractivity contribution < 1.29 is 19.4 Å². The highest BCUT2D eigenvalue weighted by Gasteiger charge is 2.31. The van der Waals surface area contributed by atoms with Crippen LogP contribution in [0.1, 0.15) is 24.1 Å². The van der Waals surface area contributed by atoms with E-state index >= 15 is 0 Å². The number of para-hydroxylation sites is 1. The van der Waals surface area contributed by atoms with E-state index in [1.165, 1.54) is 18.2 Å². The zero-order chi connectivity index (χ0) is 19.8. The third kappa shape index (κ3) is 3.18. The van der Waals surface area contributed by atoms with E-state index in [0.29, 0.717) is 31.7 Å². The Balaban J connectivity index is 1.81. The molecule has 146 valence electrons. The lowest BCUT2D eigenvalue weighted by Crippen LogP contribution is -2.49. The van der Waals surface area contributed by atoms with Crippen molar-refractivity contribution in [1.29, 1.82) is 0 Å².